The van der Waals surface area contributed by atoms with Crippen molar-refractivity contribution in [3.05, 3.63) is 59.7 Å². The van der Waals surface area contributed by atoms with Gasteiger partial charge in [-0.3, -0.25) is 4.79 Å². The number of Topliss-reactive ketones (excluding diaryl/α,β-unsaturated/α-hetero) is 1. The number of carboxylic acid groups (broad SMARTS) is 1. The van der Waals surface area contributed by atoms with Crippen molar-refractivity contribution in [2.24, 2.45) is 5.73 Å². The number of carbonyl (C=O) groups is 3. The van der Waals surface area contributed by atoms with Crippen molar-refractivity contribution in [3.8, 4) is 11.1 Å². The van der Waals surface area contributed by atoms with Gasteiger partial charge in [-0.1, -0.05) is 48.5 Å². The van der Waals surface area contributed by atoms with E-state index < -0.39 is 23.6 Å². The lowest BCUT2D eigenvalue weighted by Crippen LogP contribution is -2.51. The molecule has 38 heavy (non-hydrogen) atoms. The molecule has 206 valence electrons. The fourth-order valence-electron chi connectivity index (χ4n) is 4.17. The van der Waals surface area contributed by atoms with Gasteiger partial charge in [-0.2, -0.15) is 0 Å². The summed E-state index contributed by atoms with van der Waals surface area (Å²) in [5.74, 6) is -4.87. The van der Waals surface area contributed by atoms with Crippen molar-refractivity contribution >= 4 is 17.8 Å². The highest BCUT2D eigenvalue weighted by molar-refractivity contribution is 6.03. The molecule has 0 radical (unpaired) electrons. The third-order valence-electron chi connectivity index (χ3n) is 5.93. The van der Waals surface area contributed by atoms with Gasteiger partial charge in [0.2, 0.25) is 5.78 Å². The lowest BCUT2D eigenvalue weighted by Gasteiger charge is -2.26. The Kier molecular flexibility index (Phi) is 11.2. The standard InChI is InChI=1S/C27H34N2O9/c1-19(30)27(25(31)32,37-16-14-34-12-10-28)38-17-15-35-13-11-29-26(33)36-18-24-22-8-4-2-6-20(22)21-7-3-5-9-23(21)24/h2-9,24H,10-18,28H2,1H3,(H,29,33)(H,31,32). The molecule has 2 aromatic rings. The van der Waals surface area contributed by atoms with E-state index in [0.29, 0.717) is 6.54 Å². The molecule has 0 fully saturated rings. The van der Waals surface area contributed by atoms with Gasteiger partial charge in [-0.25, -0.2) is 9.59 Å². The molecule has 1 unspecified atom stereocenters. The summed E-state index contributed by atoms with van der Waals surface area (Å²) in [6.07, 6.45) is -0.571. The van der Waals surface area contributed by atoms with Crippen LogP contribution >= 0.6 is 0 Å². The van der Waals surface area contributed by atoms with Crippen LogP contribution in [0.2, 0.25) is 0 Å². The molecule has 0 saturated carbocycles. The topological polar surface area (TPSA) is 156 Å². The predicted octanol–water partition coefficient (Wildman–Crippen LogP) is 1.92. The molecule has 0 saturated heterocycles. The maximum Gasteiger partial charge on any atom is 0.407 e. The number of alkyl carbamates (subject to hydrolysis) is 1. The molecule has 0 bridgehead atoms. The van der Waals surface area contributed by atoms with E-state index in [1.165, 1.54) is 0 Å². The summed E-state index contributed by atoms with van der Waals surface area (Å²) in [4.78, 5) is 35.9. The zero-order valence-corrected chi connectivity index (χ0v) is 21.4. The molecular weight excluding hydrogens is 496 g/mol. The van der Waals surface area contributed by atoms with E-state index in [2.05, 4.69) is 17.4 Å². The van der Waals surface area contributed by atoms with E-state index in [-0.39, 0.29) is 58.7 Å². The number of fused-ring (bicyclic) bond motifs is 3. The second-order valence-corrected chi connectivity index (χ2v) is 8.44. The third kappa shape index (κ3) is 7.36. The highest BCUT2D eigenvalue weighted by Gasteiger charge is 2.46. The molecule has 1 aliphatic rings. The number of nitrogens with one attached hydrogen (secondary N) is 1. The van der Waals surface area contributed by atoms with Gasteiger partial charge in [0, 0.05) is 25.9 Å². The van der Waals surface area contributed by atoms with Crippen LogP contribution in [0.3, 0.4) is 0 Å². The maximum atomic E-state index is 12.2. The van der Waals surface area contributed by atoms with Gasteiger partial charge in [0.25, 0.3) is 0 Å². The van der Waals surface area contributed by atoms with Crippen molar-refractivity contribution < 1.29 is 43.2 Å². The average Bonchev–Trinajstić information content (AvgIpc) is 3.23. The Morgan fingerprint density at radius 3 is 1.95 bits per heavy atom. The second kappa shape index (κ2) is 14.6. The summed E-state index contributed by atoms with van der Waals surface area (Å²) in [6, 6.07) is 16.1. The fraction of sp³-hybridized carbons (Fsp3) is 0.444. The first-order chi connectivity index (χ1) is 18.4. The predicted molar refractivity (Wildman–Crippen MR) is 137 cm³/mol. The first kappa shape index (κ1) is 29.2. The van der Waals surface area contributed by atoms with Gasteiger partial charge < -0.3 is 39.8 Å². The molecule has 0 heterocycles. The van der Waals surface area contributed by atoms with E-state index in [9.17, 15) is 19.5 Å². The van der Waals surface area contributed by atoms with Crippen molar-refractivity contribution in [1.29, 1.82) is 0 Å². The number of hydrogen-bond donors (Lipinski definition) is 3. The van der Waals surface area contributed by atoms with Gasteiger partial charge >= 0.3 is 17.8 Å². The summed E-state index contributed by atoms with van der Waals surface area (Å²) < 4.78 is 26.4. The van der Waals surface area contributed by atoms with Gasteiger partial charge in [-0.15, -0.1) is 0 Å². The normalized spacial score (nSPS) is 13.8. The van der Waals surface area contributed by atoms with E-state index in [4.69, 9.17) is 29.4 Å². The summed E-state index contributed by atoms with van der Waals surface area (Å²) in [7, 11) is 0. The van der Waals surface area contributed by atoms with E-state index in [1.54, 1.807) is 0 Å². The number of rotatable bonds is 17. The van der Waals surface area contributed by atoms with Gasteiger partial charge in [0.05, 0.1) is 39.6 Å². The monoisotopic (exact) mass is 530 g/mol. The van der Waals surface area contributed by atoms with Gasteiger partial charge in [0.15, 0.2) is 0 Å². The summed E-state index contributed by atoms with van der Waals surface area (Å²) in [5, 5.41) is 12.1. The van der Waals surface area contributed by atoms with Crippen LogP contribution in [0.15, 0.2) is 48.5 Å². The van der Waals surface area contributed by atoms with Gasteiger partial charge in [0.1, 0.15) is 6.61 Å². The molecule has 11 nitrogen and oxygen atoms in total. The minimum atomic E-state index is -2.45. The van der Waals surface area contributed by atoms with E-state index >= 15 is 0 Å². The van der Waals surface area contributed by atoms with Crippen LogP contribution in [0.25, 0.3) is 11.1 Å². The zero-order valence-electron chi connectivity index (χ0n) is 21.4. The minimum absolute atomic E-state index is 0.0261. The van der Waals surface area contributed by atoms with Crippen LogP contribution in [0.1, 0.15) is 24.0 Å². The Labute approximate surface area is 221 Å². The molecule has 1 aliphatic carbocycles. The van der Waals surface area contributed by atoms with Crippen LogP contribution < -0.4 is 11.1 Å². The van der Waals surface area contributed by atoms with Crippen molar-refractivity contribution in [2.45, 2.75) is 18.6 Å². The van der Waals surface area contributed by atoms with E-state index in [0.717, 1.165) is 29.2 Å². The molecular formula is C27H34N2O9. The van der Waals surface area contributed by atoms with Crippen molar-refractivity contribution in [1.82, 2.24) is 5.32 Å². The Balaban J connectivity index is 1.35. The largest absolute Gasteiger partial charge is 0.477 e. The number of nitrogens with two attached hydrogens (primary N) is 1. The molecule has 1 amide bonds. The number of carbonyl (C=O) groups excluding carboxylic acids is 2. The number of carboxylic acids is 1. The summed E-state index contributed by atoms with van der Waals surface area (Å²) in [6.45, 7) is 1.79. The quantitative estimate of drug-likeness (QED) is 0.157. The first-order valence-electron chi connectivity index (χ1n) is 12.4. The molecule has 4 N–H and O–H groups in total. The summed E-state index contributed by atoms with van der Waals surface area (Å²) in [5.41, 5.74) is 9.86. The smallest absolute Gasteiger partial charge is 0.407 e. The highest BCUT2D eigenvalue weighted by Crippen LogP contribution is 2.44. The second-order valence-electron chi connectivity index (χ2n) is 8.44. The minimum Gasteiger partial charge on any atom is -0.477 e. The SMILES string of the molecule is CC(=O)C(OCCOCCN)(OCCOCCNC(=O)OCC1c2ccccc2-c2ccccc21)C(=O)O. The number of benzene rings is 2. The average molecular weight is 531 g/mol. The number of amides is 1. The van der Waals surface area contributed by atoms with Crippen LogP contribution in [0, 0.1) is 0 Å². The van der Waals surface area contributed by atoms with Gasteiger partial charge in [-0.05, 0) is 22.3 Å². The molecule has 1 atom stereocenters. The molecule has 0 aliphatic heterocycles. The van der Waals surface area contributed by atoms with Crippen LogP contribution in [0.5, 0.6) is 0 Å². The lowest BCUT2D eigenvalue weighted by atomic mass is 9.98. The maximum absolute atomic E-state index is 12.2. The third-order valence-corrected chi connectivity index (χ3v) is 5.93. The van der Waals surface area contributed by atoms with Crippen LogP contribution in [0.4, 0.5) is 4.79 Å². The number of hydrogen-bond acceptors (Lipinski definition) is 9. The molecule has 0 aromatic heterocycles. The Bertz CT molecular complexity index is 1030. The van der Waals surface area contributed by atoms with Crippen molar-refractivity contribution in [3.63, 3.8) is 0 Å². The zero-order chi connectivity index (χ0) is 27.4. The Morgan fingerprint density at radius 2 is 1.42 bits per heavy atom. The highest BCUT2D eigenvalue weighted by atomic mass is 16.7. The molecule has 2 aromatic carbocycles. The van der Waals surface area contributed by atoms with E-state index in [1.807, 2.05) is 36.4 Å². The fourth-order valence-corrected chi connectivity index (χ4v) is 4.17. The summed E-state index contributed by atoms with van der Waals surface area (Å²) >= 11 is 0. The lowest BCUT2D eigenvalue weighted by molar-refractivity contribution is -0.240. The Morgan fingerprint density at radius 1 is 0.868 bits per heavy atom. The Hall–Kier alpha value is -3.35. The van der Waals surface area contributed by atoms with Crippen molar-refractivity contribution in [2.75, 3.05) is 59.3 Å². The van der Waals surface area contributed by atoms with Crippen LogP contribution in [-0.2, 0) is 33.3 Å². The van der Waals surface area contributed by atoms with Crippen LogP contribution in [-0.4, -0.2) is 88.1 Å². The first-order valence-corrected chi connectivity index (χ1v) is 12.4. The number of aliphatic carboxylic acids is 1. The molecule has 11 heteroatoms. The molecule has 0 spiro atoms. The number of ether oxygens (including phenoxy) is 5. The number of ketones is 1. The molecule has 3 rings (SSSR count).